The van der Waals surface area contributed by atoms with Crippen molar-refractivity contribution in [3.05, 3.63) is 0 Å². The molecule has 17 heavy (non-hydrogen) atoms. The molecule has 0 unspecified atom stereocenters. The van der Waals surface area contributed by atoms with Crippen molar-refractivity contribution in [2.45, 2.75) is 46.2 Å². The molecule has 1 aliphatic heterocycles. The highest BCUT2D eigenvalue weighted by molar-refractivity contribution is 7.99. The fourth-order valence-electron chi connectivity index (χ4n) is 2.43. The Bertz CT molecular complexity index is 248. The van der Waals surface area contributed by atoms with Gasteiger partial charge in [-0.15, -0.1) is 0 Å². The van der Waals surface area contributed by atoms with Gasteiger partial charge in [-0.25, -0.2) is 0 Å². The fourth-order valence-corrected chi connectivity index (χ4v) is 3.04. The van der Waals surface area contributed by atoms with E-state index in [4.69, 9.17) is 0 Å². The summed E-state index contributed by atoms with van der Waals surface area (Å²) in [4.78, 5) is 16.6. The van der Waals surface area contributed by atoms with Crippen LogP contribution in [-0.4, -0.2) is 58.9 Å². The summed E-state index contributed by atoms with van der Waals surface area (Å²) in [5, 5.41) is 0. The van der Waals surface area contributed by atoms with Gasteiger partial charge < -0.3 is 4.90 Å². The van der Waals surface area contributed by atoms with Gasteiger partial charge in [0.15, 0.2) is 0 Å². The number of rotatable bonds is 5. The lowest BCUT2D eigenvalue weighted by atomic mass is 10.1. The molecule has 0 aromatic carbocycles. The summed E-state index contributed by atoms with van der Waals surface area (Å²) >= 11 is 1.85. The van der Waals surface area contributed by atoms with Gasteiger partial charge in [0.1, 0.15) is 0 Å². The molecule has 1 rings (SSSR count). The number of carbonyl (C=O) groups excluding carboxylic acids is 1. The van der Waals surface area contributed by atoms with Crippen LogP contribution in [0.1, 0.15) is 34.1 Å². The van der Waals surface area contributed by atoms with Crippen LogP contribution >= 0.6 is 11.8 Å². The number of carbonyl (C=O) groups is 1. The number of hydrogen-bond acceptors (Lipinski definition) is 3. The van der Waals surface area contributed by atoms with Gasteiger partial charge in [-0.1, -0.05) is 13.8 Å². The van der Waals surface area contributed by atoms with Crippen LogP contribution in [0.3, 0.4) is 0 Å². The predicted octanol–water partition coefficient (Wildman–Crippen LogP) is 2.07. The average Bonchev–Trinajstić information content (AvgIpc) is 2.31. The van der Waals surface area contributed by atoms with Crippen LogP contribution in [0.25, 0.3) is 0 Å². The van der Waals surface area contributed by atoms with Crippen molar-refractivity contribution in [1.29, 1.82) is 0 Å². The lowest BCUT2D eigenvalue weighted by Gasteiger charge is -2.43. The molecule has 0 radical (unpaired) electrons. The average molecular weight is 258 g/mol. The molecule has 1 aliphatic rings. The van der Waals surface area contributed by atoms with Gasteiger partial charge in [-0.05, 0) is 26.1 Å². The normalized spacial score (nSPS) is 26.2. The summed E-state index contributed by atoms with van der Waals surface area (Å²) in [6.45, 7) is 11.7. The summed E-state index contributed by atoms with van der Waals surface area (Å²) in [7, 11) is 0. The second kappa shape index (κ2) is 7.27. The van der Waals surface area contributed by atoms with Gasteiger partial charge in [-0.3, -0.25) is 9.69 Å². The Balaban J connectivity index is 2.45. The summed E-state index contributed by atoms with van der Waals surface area (Å²) in [6, 6.07) is 0.865. The van der Waals surface area contributed by atoms with Gasteiger partial charge in [0, 0.05) is 37.3 Å². The van der Waals surface area contributed by atoms with Gasteiger partial charge in [0.25, 0.3) is 0 Å². The van der Waals surface area contributed by atoms with Crippen LogP contribution in [-0.2, 0) is 4.79 Å². The number of nitrogens with zero attached hydrogens (tertiary/aromatic N) is 2. The molecule has 1 heterocycles. The smallest absolute Gasteiger partial charge is 0.223 e. The highest BCUT2D eigenvalue weighted by Crippen LogP contribution is 2.16. The highest BCUT2D eigenvalue weighted by atomic mass is 32.2. The second-order valence-electron chi connectivity index (χ2n) is 4.78. The van der Waals surface area contributed by atoms with E-state index in [1.807, 2.05) is 11.8 Å². The maximum atomic E-state index is 12.1. The highest BCUT2D eigenvalue weighted by Gasteiger charge is 2.30. The van der Waals surface area contributed by atoms with Crippen molar-refractivity contribution < 1.29 is 4.79 Å². The van der Waals surface area contributed by atoms with Crippen molar-refractivity contribution in [3.63, 3.8) is 0 Å². The van der Waals surface area contributed by atoms with Crippen LogP contribution in [0.5, 0.6) is 0 Å². The minimum Gasteiger partial charge on any atom is -0.337 e. The van der Waals surface area contributed by atoms with Crippen molar-refractivity contribution in [1.82, 2.24) is 9.80 Å². The van der Waals surface area contributed by atoms with E-state index in [0.717, 1.165) is 31.1 Å². The van der Waals surface area contributed by atoms with E-state index < -0.39 is 0 Å². The van der Waals surface area contributed by atoms with E-state index in [0.29, 0.717) is 24.4 Å². The third kappa shape index (κ3) is 4.18. The van der Waals surface area contributed by atoms with Gasteiger partial charge in [-0.2, -0.15) is 11.8 Å². The molecule has 1 amide bonds. The summed E-state index contributed by atoms with van der Waals surface area (Å²) < 4.78 is 0. The number of likely N-dealkylation sites (N-methyl/N-ethyl adjacent to an activating group) is 1. The molecular weight excluding hydrogens is 232 g/mol. The quantitative estimate of drug-likeness (QED) is 0.705. The van der Waals surface area contributed by atoms with Gasteiger partial charge >= 0.3 is 0 Å². The van der Waals surface area contributed by atoms with Crippen molar-refractivity contribution >= 4 is 17.7 Å². The maximum absolute atomic E-state index is 12.1. The number of piperazine rings is 1. The molecule has 4 heteroatoms. The van der Waals surface area contributed by atoms with Gasteiger partial charge in [0.05, 0.1) is 0 Å². The van der Waals surface area contributed by atoms with Crippen molar-refractivity contribution in [2.24, 2.45) is 0 Å². The first-order valence-electron chi connectivity index (χ1n) is 6.71. The maximum Gasteiger partial charge on any atom is 0.223 e. The van der Waals surface area contributed by atoms with Crippen LogP contribution in [0.15, 0.2) is 0 Å². The third-order valence-electron chi connectivity index (χ3n) is 3.51. The number of hydrogen-bond donors (Lipinski definition) is 0. The zero-order valence-electron chi connectivity index (χ0n) is 11.6. The first kappa shape index (κ1) is 14.8. The topological polar surface area (TPSA) is 23.6 Å². The van der Waals surface area contributed by atoms with Crippen LogP contribution in [0, 0.1) is 0 Å². The second-order valence-corrected chi connectivity index (χ2v) is 6.17. The number of amides is 1. The Morgan fingerprint density at radius 1 is 1.24 bits per heavy atom. The molecule has 1 saturated heterocycles. The molecule has 3 nitrogen and oxygen atoms in total. The van der Waals surface area contributed by atoms with E-state index in [-0.39, 0.29) is 0 Å². The first-order chi connectivity index (χ1) is 8.10. The molecule has 0 saturated carbocycles. The fraction of sp³-hybridized carbons (Fsp3) is 0.923. The molecule has 0 spiro atoms. The number of thioether (sulfide) groups is 1. The summed E-state index contributed by atoms with van der Waals surface area (Å²) in [5.41, 5.74) is 0. The SMILES string of the molecule is CCSCCC(=O)N1C[C@H](C)N(CC)C[C@@H]1C. The Morgan fingerprint density at radius 3 is 2.53 bits per heavy atom. The molecule has 0 N–H and O–H groups in total. The Kier molecular flexibility index (Phi) is 6.34. The molecule has 0 aliphatic carbocycles. The molecule has 2 atom stereocenters. The first-order valence-corrected chi connectivity index (χ1v) is 7.86. The monoisotopic (exact) mass is 258 g/mol. The van der Waals surface area contributed by atoms with Crippen molar-refractivity contribution in [2.75, 3.05) is 31.1 Å². The molecule has 0 aromatic rings. The van der Waals surface area contributed by atoms with Gasteiger partial charge in [0.2, 0.25) is 5.91 Å². The lowest BCUT2D eigenvalue weighted by Crippen LogP contribution is -2.57. The lowest BCUT2D eigenvalue weighted by molar-refractivity contribution is -0.136. The van der Waals surface area contributed by atoms with E-state index in [9.17, 15) is 4.79 Å². The van der Waals surface area contributed by atoms with Crippen LogP contribution in [0.4, 0.5) is 0 Å². The third-order valence-corrected chi connectivity index (χ3v) is 4.41. The van der Waals surface area contributed by atoms with Crippen LogP contribution in [0.2, 0.25) is 0 Å². The molecule has 100 valence electrons. The molecule has 0 aromatic heterocycles. The summed E-state index contributed by atoms with van der Waals surface area (Å²) in [6.07, 6.45) is 0.696. The van der Waals surface area contributed by atoms with E-state index in [1.165, 1.54) is 0 Å². The van der Waals surface area contributed by atoms with E-state index >= 15 is 0 Å². The van der Waals surface area contributed by atoms with Crippen LogP contribution < -0.4 is 0 Å². The zero-order valence-corrected chi connectivity index (χ0v) is 12.4. The zero-order chi connectivity index (χ0) is 12.8. The molecule has 0 bridgehead atoms. The Labute approximate surface area is 110 Å². The molecular formula is C13H26N2OS. The predicted molar refractivity (Wildman–Crippen MR) is 75.5 cm³/mol. The largest absolute Gasteiger partial charge is 0.337 e. The Morgan fingerprint density at radius 2 is 1.94 bits per heavy atom. The standard InChI is InChI=1S/C13H26N2OS/c1-5-14-9-12(4)15(10-11(14)3)13(16)7-8-17-6-2/h11-12H,5-10H2,1-4H3/t11-,12-/m0/s1. The Hall–Kier alpha value is -0.220. The minimum atomic E-state index is 0.334. The summed E-state index contributed by atoms with van der Waals surface area (Å²) in [5.74, 6) is 2.40. The molecule has 1 fully saturated rings. The van der Waals surface area contributed by atoms with E-state index in [1.54, 1.807) is 0 Å². The van der Waals surface area contributed by atoms with E-state index in [2.05, 4.69) is 37.5 Å². The minimum absolute atomic E-state index is 0.334. The van der Waals surface area contributed by atoms with Crippen molar-refractivity contribution in [3.8, 4) is 0 Å².